The summed E-state index contributed by atoms with van der Waals surface area (Å²) in [6, 6.07) is 5.71. The fraction of sp³-hybridized carbons (Fsp3) is 0.462. The molecule has 1 amide bonds. The molecule has 0 radical (unpaired) electrons. The molecule has 92 valence electrons. The summed E-state index contributed by atoms with van der Waals surface area (Å²) in [6.07, 6.45) is 3.37. The van der Waals surface area contributed by atoms with E-state index in [-0.39, 0.29) is 5.91 Å². The summed E-state index contributed by atoms with van der Waals surface area (Å²) in [4.78, 5) is 14.3. The number of amides is 1. The van der Waals surface area contributed by atoms with Crippen LogP contribution in [0.3, 0.4) is 0 Å². The summed E-state index contributed by atoms with van der Waals surface area (Å²) in [5.41, 5.74) is 0.592. The topological polar surface area (TPSA) is 20.3 Å². The SMILES string of the molecule is CC1CCCCN1C(=O)c1cc(Br)ccc1Cl. The van der Waals surface area contributed by atoms with Crippen LogP contribution in [0.25, 0.3) is 0 Å². The molecule has 0 spiro atoms. The third kappa shape index (κ3) is 2.83. The second-order valence-corrected chi connectivity index (χ2v) is 5.79. The van der Waals surface area contributed by atoms with Crippen molar-refractivity contribution in [3.05, 3.63) is 33.3 Å². The van der Waals surface area contributed by atoms with Crippen molar-refractivity contribution >= 4 is 33.4 Å². The van der Waals surface area contributed by atoms with Gasteiger partial charge in [-0.3, -0.25) is 4.79 Å². The number of nitrogens with zero attached hydrogens (tertiary/aromatic N) is 1. The summed E-state index contributed by atoms with van der Waals surface area (Å²) in [6.45, 7) is 2.94. The highest BCUT2D eigenvalue weighted by Gasteiger charge is 2.25. The molecule has 0 saturated carbocycles. The van der Waals surface area contributed by atoms with E-state index in [1.54, 1.807) is 12.1 Å². The van der Waals surface area contributed by atoms with Crippen molar-refractivity contribution in [2.45, 2.75) is 32.2 Å². The molecule has 1 aromatic carbocycles. The third-order valence-electron chi connectivity index (χ3n) is 3.22. The number of hydrogen-bond acceptors (Lipinski definition) is 1. The lowest BCUT2D eigenvalue weighted by Crippen LogP contribution is -2.42. The minimum atomic E-state index is 0.0449. The number of likely N-dealkylation sites (tertiary alicyclic amines) is 1. The molecule has 1 saturated heterocycles. The van der Waals surface area contributed by atoms with Gasteiger partial charge in [-0.1, -0.05) is 27.5 Å². The van der Waals surface area contributed by atoms with Crippen molar-refractivity contribution < 1.29 is 4.79 Å². The molecule has 1 unspecified atom stereocenters. The molecule has 0 aromatic heterocycles. The number of carbonyl (C=O) groups is 1. The van der Waals surface area contributed by atoms with Crippen LogP contribution in [-0.2, 0) is 0 Å². The lowest BCUT2D eigenvalue weighted by atomic mass is 10.0. The molecule has 1 fully saturated rings. The Hall–Kier alpha value is -0.540. The Morgan fingerprint density at radius 3 is 2.94 bits per heavy atom. The van der Waals surface area contributed by atoms with Crippen molar-refractivity contribution in [1.82, 2.24) is 4.90 Å². The highest BCUT2D eigenvalue weighted by molar-refractivity contribution is 9.10. The van der Waals surface area contributed by atoms with Crippen LogP contribution in [0.1, 0.15) is 36.5 Å². The van der Waals surface area contributed by atoms with E-state index in [0.717, 1.165) is 23.9 Å². The molecular formula is C13H15BrClNO. The second kappa shape index (κ2) is 5.40. The van der Waals surface area contributed by atoms with Gasteiger partial charge < -0.3 is 4.90 Å². The molecule has 0 N–H and O–H groups in total. The van der Waals surface area contributed by atoms with Gasteiger partial charge in [0, 0.05) is 17.1 Å². The lowest BCUT2D eigenvalue weighted by molar-refractivity contribution is 0.0636. The Balaban J connectivity index is 2.26. The van der Waals surface area contributed by atoms with Gasteiger partial charge in [0.2, 0.25) is 0 Å². The van der Waals surface area contributed by atoms with Crippen molar-refractivity contribution in [3.8, 4) is 0 Å². The van der Waals surface area contributed by atoms with Gasteiger partial charge in [0.05, 0.1) is 10.6 Å². The largest absolute Gasteiger partial charge is 0.336 e. The van der Waals surface area contributed by atoms with Gasteiger partial charge in [-0.15, -0.1) is 0 Å². The van der Waals surface area contributed by atoms with E-state index >= 15 is 0 Å². The average Bonchev–Trinajstić information content (AvgIpc) is 2.32. The van der Waals surface area contributed by atoms with E-state index < -0.39 is 0 Å². The molecule has 1 heterocycles. The normalized spacial score (nSPS) is 20.4. The highest BCUT2D eigenvalue weighted by Crippen LogP contribution is 2.25. The third-order valence-corrected chi connectivity index (χ3v) is 4.05. The van der Waals surface area contributed by atoms with E-state index in [0.29, 0.717) is 16.6 Å². The minimum absolute atomic E-state index is 0.0449. The first kappa shape index (κ1) is 12.9. The van der Waals surface area contributed by atoms with Crippen molar-refractivity contribution in [2.24, 2.45) is 0 Å². The molecule has 2 rings (SSSR count). The van der Waals surface area contributed by atoms with Crippen LogP contribution in [-0.4, -0.2) is 23.4 Å². The smallest absolute Gasteiger partial charge is 0.255 e. The van der Waals surface area contributed by atoms with Gasteiger partial charge in [0.15, 0.2) is 0 Å². The summed E-state index contributed by atoms with van der Waals surface area (Å²) in [7, 11) is 0. The predicted molar refractivity (Wildman–Crippen MR) is 73.5 cm³/mol. The number of benzene rings is 1. The average molecular weight is 317 g/mol. The Bertz CT molecular complexity index is 435. The number of rotatable bonds is 1. The monoisotopic (exact) mass is 315 g/mol. The lowest BCUT2D eigenvalue weighted by Gasteiger charge is -2.33. The Morgan fingerprint density at radius 2 is 2.24 bits per heavy atom. The standard InChI is InChI=1S/C13H15BrClNO/c1-9-4-2-3-7-16(9)13(17)11-8-10(14)5-6-12(11)15/h5-6,8-9H,2-4,7H2,1H3. The molecule has 0 bridgehead atoms. The second-order valence-electron chi connectivity index (χ2n) is 4.47. The summed E-state index contributed by atoms with van der Waals surface area (Å²) < 4.78 is 0.884. The number of piperidine rings is 1. The highest BCUT2D eigenvalue weighted by atomic mass is 79.9. The van der Waals surface area contributed by atoms with Crippen LogP contribution in [0.2, 0.25) is 5.02 Å². The first-order chi connectivity index (χ1) is 8.09. The van der Waals surface area contributed by atoms with Crippen molar-refractivity contribution in [3.63, 3.8) is 0 Å². The molecule has 2 nitrogen and oxygen atoms in total. The van der Waals surface area contributed by atoms with Crippen LogP contribution in [0.15, 0.2) is 22.7 Å². The fourth-order valence-electron chi connectivity index (χ4n) is 2.22. The number of carbonyl (C=O) groups excluding carboxylic acids is 1. The van der Waals surface area contributed by atoms with E-state index in [1.807, 2.05) is 11.0 Å². The van der Waals surface area contributed by atoms with Gasteiger partial charge in [0.1, 0.15) is 0 Å². The van der Waals surface area contributed by atoms with Crippen LogP contribution in [0.4, 0.5) is 0 Å². The van der Waals surface area contributed by atoms with Crippen molar-refractivity contribution in [1.29, 1.82) is 0 Å². The van der Waals surface area contributed by atoms with Crippen LogP contribution < -0.4 is 0 Å². The zero-order valence-corrected chi connectivity index (χ0v) is 12.1. The van der Waals surface area contributed by atoms with Gasteiger partial charge in [-0.25, -0.2) is 0 Å². The Labute approximate surface area is 115 Å². The first-order valence-corrected chi connectivity index (χ1v) is 7.02. The van der Waals surface area contributed by atoms with E-state index in [2.05, 4.69) is 22.9 Å². The number of hydrogen-bond donors (Lipinski definition) is 0. The van der Waals surface area contributed by atoms with Gasteiger partial charge in [-0.2, -0.15) is 0 Å². The van der Waals surface area contributed by atoms with Crippen LogP contribution in [0, 0.1) is 0 Å². The molecule has 1 aromatic rings. The van der Waals surface area contributed by atoms with Crippen molar-refractivity contribution in [2.75, 3.05) is 6.54 Å². The summed E-state index contributed by atoms with van der Waals surface area (Å²) >= 11 is 9.46. The quantitative estimate of drug-likeness (QED) is 0.763. The van der Waals surface area contributed by atoms with E-state index in [9.17, 15) is 4.79 Å². The molecular weight excluding hydrogens is 302 g/mol. The first-order valence-electron chi connectivity index (χ1n) is 5.85. The molecule has 17 heavy (non-hydrogen) atoms. The van der Waals surface area contributed by atoms with Gasteiger partial charge >= 0.3 is 0 Å². The Kier molecular flexibility index (Phi) is 4.10. The van der Waals surface area contributed by atoms with Gasteiger partial charge in [0.25, 0.3) is 5.91 Å². The van der Waals surface area contributed by atoms with Gasteiger partial charge in [-0.05, 0) is 44.4 Å². The van der Waals surface area contributed by atoms with Crippen LogP contribution in [0.5, 0.6) is 0 Å². The predicted octanol–water partition coefficient (Wildman–Crippen LogP) is 4.12. The molecule has 4 heteroatoms. The van der Waals surface area contributed by atoms with Crippen LogP contribution >= 0.6 is 27.5 Å². The Morgan fingerprint density at radius 1 is 1.47 bits per heavy atom. The molecule has 1 atom stereocenters. The maximum atomic E-state index is 12.4. The molecule has 1 aliphatic heterocycles. The molecule has 0 aliphatic carbocycles. The summed E-state index contributed by atoms with van der Waals surface area (Å²) in [5.74, 6) is 0.0449. The molecule has 1 aliphatic rings. The minimum Gasteiger partial charge on any atom is -0.336 e. The number of halogens is 2. The maximum Gasteiger partial charge on any atom is 0.255 e. The maximum absolute atomic E-state index is 12.4. The van der Waals surface area contributed by atoms with E-state index in [1.165, 1.54) is 6.42 Å². The zero-order chi connectivity index (χ0) is 12.4. The zero-order valence-electron chi connectivity index (χ0n) is 9.75. The fourth-order valence-corrected chi connectivity index (χ4v) is 2.78. The summed E-state index contributed by atoms with van der Waals surface area (Å²) in [5, 5.41) is 0.524. The van der Waals surface area contributed by atoms with E-state index in [4.69, 9.17) is 11.6 Å².